The van der Waals surface area contributed by atoms with E-state index in [-0.39, 0.29) is 13.1 Å². The van der Waals surface area contributed by atoms with Crippen LogP contribution in [0.4, 0.5) is 18.9 Å². The SMILES string of the molecule is CCCN(CC(=O)Nc1ccc(F)c(F)c1F)S(=O)(=O)CCn1c(=O)cnc2ccccc21. The van der Waals surface area contributed by atoms with Gasteiger partial charge in [0, 0.05) is 13.1 Å². The molecular weight excluding hydrogens is 461 g/mol. The summed E-state index contributed by atoms with van der Waals surface area (Å²) in [6, 6.07) is 8.24. The van der Waals surface area contributed by atoms with E-state index in [1.54, 1.807) is 31.2 Å². The standard InChI is InChI=1S/C21H21F3N4O4S/c1-2-9-27(13-18(29)26-16-8-7-14(22)20(23)21(16)24)33(31,32)11-10-28-17-6-4-3-5-15(17)25-12-19(28)30/h3-8,12H,2,9-11,13H2,1H3,(H,26,29). The van der Waals surface area contributed by atoms with E-state index >= 15 is 0 Å². The molecule has 0 radical (unpaired) electrons. The number of carbonyl (C=O) groups excluding carboxylic acids is 1. The van der Waals surface area contributed by atoms with Crippen molar-refractivity contribution in [2.45, 2.75) is 19.9 Å². The van der Waals surface area contributed by atoms with E-state index < -0.39 is 56.9 Å². The zero-order chi connectivity index (χ0) is 24.2. The first kappa shape index (κ1) is 24.4. The number of hydrogen-bond acceptors (Lipinski definition) is 5. The first-order valence-corrected chi connectivity index (χ1v) is 11.6. The lowest BCUT2D eigenvalue weighted by molar-refractivity contribution is -0.116. The molecule has 0 saturated carbocycles. The third-order valence-corrected chi connectivity index (χ3v) is 6.62. The molecule has 1 heterocycles. The molecule has 0 spiro atoms. The Bertz CT molecular complexity index is 1350. The highest BCUT2D eigenvalue weighted by molar-refractivity contribution is 7.89. The fourth-order valence-corrected chi connectivity index (χ4v) is 4.67. The number of hydrogen-bond donors (Lipinski definition) is 1. The van der Waals surface area contributed by atoms with E-state index in [4.69, 9.17) is 0 Å². The fourth-order valence-electron chi connectivity index (χ4n) is 3.22. The van der Waals surface area contributed by atoms with Crippen LogP contribution in [0.25, 0.3) is 11.0 Å². The molecule has 0 aliphatic rings. The summed E-state index contributed by atoms with van der Waals surface area (Å²) in [4.78, 5) is 28.6. The van der Waals surface area contributed by atoms with E-state index in [0.717, 1.165) is 16.6 Å². The van der Waals surface area contributed by atoms with Gasteiger partial charge in [0.1, 0.15) is 0 Å². The third-order valence-electron chi connectivity index (χ3n) is 4.82. The highest BCUT2D eigenvalue weighted by Gasteiger charge is 2.25. The van der Waals surface area contributed by atoms with Crippen molar-refractivity contribution in [3.63, 3.8) is 0 Å². The molecule has 0 atom stereocenters. The van der Waals surface area contributed by atoms with E-state index in [9.17, 15) is 31.2 Å². The first-order chi connectivity index (χ1) is 15.6. The number of aryl methyl sites for hydroxylation is 1. The van der Waals surface area contributed by atoms with Crippen LogP contribution in [0, 0.1) is 17.5 Å². The normalized spacial score (nSPS) is 11.8. The Hall–Kier alpha value is -3.25. The van der Waals surface area contributed by atoms with Crippen LogP contribution < -0.4 is 10.9 Å². The van der Waals surface area contributed by atoms with Crippen LogP contribution in [-0.4, -0.2) is 47.0 Å². The molecular formula is C21H21F3N4O4S. The lowest BCUT2D eigenvalue weighted by atomic mass is 10.2. The van der Waals surface area contributed by atoms with Gasteiger partial charge < -0.3 is 9.88 Å². The molecule has 176 valence electrons. The van der Waals surface area contributed by atoms with Crippen LogP contribution in [0.15, 0.2) is 47.4 Å². The number of anilines is 1. The maximum absolute atomic E-state index is 13.8. The van der Waals surface area contributed by atoms with Crippen molar-refractivity contribution in [1.29, 1.82) is 0 Å². The van der Waals surface area contributed by atoms with Crippen molar-refractivity contribution in [2.75, 3.05) is 24.2 Å². The average Bonchev–Trinajstić information content (AvgIpc) is 2.78. The van der Waals surface area contributed by atoms with E-state index in [0.29, 0.717) is 23.5 Å². The Balaban J connectivity index is 1.76. The second-order valence-corrected chi connectivity index (χ2v) is 9.25. The number of amides is 1. The minimum Gasteiger partial charge on any atom is -0.322 e. The van der Waals surface area contributed by atoms with Crippen molar-refractivity contribution in [1.82, 2.24) is 13.9 Å². The molecule has 3 aromatic rings. The molecule has 1 N–H and O–H groups in total. The molecule has 1 amide bonds. The van der Waals surface area contributed by atoms with Crippen LogP contribution >= 0.6 is 0 Å². The van der Waals surface area contributed by atoms with Gasteiger partial charge in [-0.2, -0.15) is 4.31 Å². The Morgan fingerprint density at radius 3 is 2.58 bits per heavy atom. The van der Waals surface area contributed by atoms with Gasteiger partial charge in [-0.15, -0.1) is 0 Å². The van der Waals surface area contributed by atoms with Crippen molar-refractivity contribution in [3.05, 3.63) is 70.4 Å². The zero-order valence-electron chi connectivity index (χ0n) is 17.6. The quantitative estimate of drug-likeness (QED) is 0.473. The van der Waals surface area contributed by atoms with E-state index in [1.807, 2.05) is 0 Å². The Morgan fingerprint density at radius 2 is 1.85 bits per heavy atom. The molecule has 8 nitrogen and oxygen atoms in total. The summed E-state index contributed by atoms with van der Waals surface area (Å²) in [6.45, 7) is 0.850. The summed E-state index contributed by atoms with van der Waals surface area (Å²) >= 11 is 0. The zero-order valence-corrected chi connectivity index (χ0v) is 18.4. The first-order valence-electron chi connectivity index (χ1n) is 9.99. The summed E-state index contributed by atoms with van der Waals surface area (Å²) in [5, 5.41) is 2.06. The molecule has 0 bridgehead atoms. The number of rotatable bonds is 9. The number of para-hydroxylation sites is 2. The van der Waals surface area contributed by atoms with Crippen molar-refractivity contribution in [2.24, 2.45) is 0 Å². The molecule has 0 fully saturated rings. The van der Waals surface area contributed by atoms with Gasteiger partial charge in [0.15, 0.2) is 17.5 Å². The highest BCUT2D eigenvalue weighted by Crippen LogP contribution is 2.19. The van der Waals surface area contributed by atoms with Gasteiger partial charge in [-0.25, -0.2) is 26.6 Å². The number of halogens is 3. The second-order valence-electron chi connectivity index (χ2n) is 7.16. The van der Waals surface area contributed by atoms with Crippen LogP contribution in [-0.2, 0) is 21.4 Å². The molecule has 0 saturated heterocycles. The van der Waals surface area contributed by atoms with Gasteiger partial charge in [-0.1, -0.05) is 19.1 Å². The van der Waals surface area contributed by atoms with Crippen molar-refractivity contribution >= 4 is 32.7 Å². The molecule has 0 unspecified atom stereocenters. The molecule has 2 aromatic carbocycles. The third kappa shape index (κ3) is 5.57. The van der Waals surface area contributed by atoms with Gasteiger partial charge in [-0.05, 0) is 30.7 Å². The summed E-state index contributed by atoms with van der Waals surface area (Å²) in [7, 11) is -4.02. The Kier molecular flexibility index (Phi) is 7.49. The number of nitrogens with one attached hydrogen (secondary N) is 1. The largest absolute Gasteiger partial charge is 0.322 e. The Morgan fingerprint density at radius 1 is 1.12 bits per heavy atom. The van der Waals surface area contributed by atoms with Crippen molar-refractivity contribution in [3.8, 4) is 0 Å². The van der Waals surface area contributed by atoms with Crippen molar-refractivity contribution < 1.29 is 26.4 Å². The number of benzene rings is 2. The second kappa shape index (κ2) is 10.1. The van der Waals surface area contributed by atoms with Gasteiger partial charge in [0.05, 0.1) is 35.2 Å². The monoisotopic (exact) mass is 482 g/mol. The predicted octanol–water partition coefficient (Wildman–Crippen LogP) is 2.49. The summed E-state index contributed by atoms with van der Waals surface area (Å²) in [5.74, 6) is -6.16. The molecule has 12 heteroatoms. The molecule has 0 aliphatic heterocycles. The topological polar surface area (TPSA) is 101 Å². The summed E-state index contributed by atoms with van der Waals surface area (Å²) < 4.78 is 68.3. The lowest BCUT2D eigenvalue weighted by Gasteiger charge is -2.21. The molecule has 3 rings (SSSR count). The fraction of sp³-hybridized carbons (Fsp3) is 0.286. The van der Waals surface area contributed by atoms with E-state index in [2.05, 4.69) is 10.3 Å². The van der Waals surface area contributed by atoms with E-state index in [1.165, 1.54) is 4.57 Å². The number of nitrogens with zero attached hydrogens (tertiary/aromatic N) is 3. The summed E-state index contributed by atoms with van der Waals surface area (Å²) in [5.41, 5.74) is -0.0957. The molecule has 1 aromatic heterocycles. The number of fused-ring (bicyclic) bond motifs is 1. The number of sulfonamides is 1. The number of carbonyl (C=O) groups is 1. The molecule has 33 heavy (non-hydrogen) atoms. The lowest BCUT2D eigenvalue weighted by Crippen LogP contribution is -2.41. The number of aromatic nitrogens is 2. The van der Waals surface area contributed by atoms with Crippen LogP contribution in [0.1, 0.15) is 13.3 Å². The summed E-state index contributed by atoms with van der Waals surface area (Å²) in [6.07, 6.45) is 1.48. The maximum Gasteiger partial charge on any atom is 0.269 e. The average molecular weight is 482 g/mol. The van der Waals surface area contributed by atoms with Gasteiger partial charge in [0.25, 0.3) is 5.56 Å². The highest BCUT2D eigenvalue weighted by atomic mass is 32.2. The Labute approximate surface area is 187 Å². The van der Waals surface area contributed by atoms with Gasteiger partial charge in [-0.3, -0.25) is 9.59 Å². The van der Waals surface area contributed by atoms with Gasteiger partial charge >= 0.3 is 0 Å². The molecule has 0 aliphatic carbocycles. The smallest absolute Gasteiger partial charge is 0.269 e. The van der Waals surface area contributed by atoms with Crippen LogP contribution in [0.2, 0.25) is 0 Å². The maximum atomic E-state index is 13.8. The van der Waals surface area contributed by atoms with Crippen LogP contribution in [0.5, 0.6) is 0 Å². The predicted molar refractivity (Wildman–Crippen MR) is 117 cm³/mol. The minimum absolute atomic E-state index is 0.0119. The van der Waals surface area contributed by atoms with Gasteiger partial charge in [0.2, 0.25) is 15.9 Å². The minimum atomic E-state index is -4.02. The van der Waals surface area contributed by atoms with Crippen LogP contribution in [0.3, 0.4) is 0 Å².